The number of benzene rings is 1. The monoisotopic (exact) mass is 288 g/mol. The highest BCUT2D eigenvalue weighted by molar-refractivity contribution is 7.08. The standard InChI is InChI=1S/C15H16N2O2S/c1-16(2)7-8-17-12-5-3-4-6-13(12)19-14-10-20-9-11(14)15(17)18/h3-6,9-10H,7-8H2,1-2H3. The summed E-state index contributed by atoms with van der Waals surface area (Å²) in [6, 6.07) is 7.68. The second-order valence-corrected chi connectivity index (χ2v) is 5.72. The van der Waals surface area contributed by atoms with Crippen LogP contribution in [-0.4, -0.2) is 38.0 Å². The van der Waals surface area contributed by atoms with Gasteiger partial charge < -0.3 is 14.5 Å². The Kier molecular flexibility index (Phi) is 3.46. The highest BCUT2D eigenvalue weighted by Crippen LogP contribution is 2.39. The van der Waals surface area contributed by atoms with E-state index in [2.05, 4.69) is 4.90 Å². The lowest BCUT2D eigenvalue weighted by Gasteiger charge is -2.23. The lowest BCUT2D eigenvalue weighted by Crippen LogP contribution is -2.36. The third-order valence-corrected chi connectivity index (χ3v) is 3.97. The summed E-state index contributed by atoms with van der Waals surface area (Å²) in [5.74, 6) is 1.39. The lowest BCUT2D eigenvalue weighted by atomic mass is 10.2. The Balaban J connectivity index is 2.04. The Morgan fingerprint density at radius 2 is 2.00 bits per heavy atom. The summed E-state index contributed by atoms with van der Waals surface area (Å²) in [7, 11) is 4.00. The SMILES string of the molecule is CN(C)CCN1C(=O)c2cscc2Oc2ccccc21. The second kappa shape index (κ2) is 5.26. The zero-order valence-electron chi connectivity index (χ0n) is 11.5. The van der Waals surface area contributed by atoms with Gasteiger partial charge in [-0.3, -0.25) is 4.79 Å². The predicted molar refractivity (Wildman–Crippen MR) is 81.1 cm³/mol. The van der Waals surface area contributed by atoms with E-state index in [0.29, 0.717) is 17.9 Å². The maximum Gasteiger partial charge on any atom is 0.263 e. The van der Waals surface area contributed by atoms with E-state index >= 15 is 0 Å². The van der Waals surface area contributed by atoms with Crippen molar-refractivity contribution in [2.45, 2.75) is 0 Å². The number of carbonyl (C=O) groups excluding carboxylic acids is 1. The van der Waals surface area contributed by atoms with E-state index < -0.39 is 0 Å². The van der Waals surface area contributed by atoms with Crippen LogP contribution in [0.4, 0.5) is 5.69 Å². The molecule has 3 rings (SSSR count). The van der Waals surface area contributed by atoms with Gasteiger partial charge in [0.1, 0.15) is 0 Å². The van der Waals surface area contributed by atoms with Gasteiger partial charge in [-0.1, -0.05) is 12.1 Å². The van der Waals surface area contributed by atoms with Gasteiger partial charge in [-0.2, -0.15) is 0 Å². The fraction of sp³-hybridized carbons (Fsp3) is 0.267. The molecule has 1 aromatic heterocycles. The number of amides is 1. The average Bonchev–Trinajstić information content (AvgIpc) is 2.84. The molecule has 1 aromatic carbocycles. The topological polar surface area (TPSA) is 32.8 Å². The smallest absolute Gasteiger partial charge is 0.263 e. The van der Waals surface area contributed by atoms with Crippen LogP contribution in [0, 0.1) is 0 Å². The highest BCUT2D eigenvalue weighted by Gasteiger charge is 2.28. The summed E-state index contributed by atoms with van der Waals surface area (Å²) in [6.07, 6.45) is 0. The Bertz CT molecular complexity index is 636. The van der Waals surface area contributed by atoms with E-state index in [9.17, 15) is 4.79 Å². The number of carbonyl (C=O) groups is 1. The van der Waals surface area contributed by atoms with Crippen molar-refractivity contribution in [3.8, 4) is 11.5 Å². The van der Waals surface area contributed by atoms with Gasteiger partial charge >= 0.3 is 0 Å². The van der Waals surface area contributed by atoms with Gasteiger partial charge in [0.15, 0.2) is 11.5 Å². The van der Waals surface area contributed by atoms with Crippen LogP contribution in [0.5, 0.6) is 11.5 Å². The average molecular weight is 288 g/mol. The highest BCUT2D eigenvalue weighted by atomic mass is 32.1. The molecule has 0 bridgehead atoms. The second-order valence-electron chi connectivity index (χ2n) is 4.98. The van der Waals surface area contributed by atoms with Crippen LogP contribution in [0.2, 0.25) is 0 Å². The Morgan fingerprint density at radius 1 is 1.20 bits per heavy atom. The first-order valence-electron chi connectivity index (χ1n) is 6.46. The molecule has 1 aliphatic heterocycles. The number of anilines is 1. The third-order valence-electron chi connectivity index (χ3n) is 3.25. The first kappa shape index (κ1) is 13.1. The minimum atomic E-state index is 0.00745. The van der Waals surface area contributed by atoms with Crippen molar-refractivity contribution < 1.29 is 9.53 Å². The number of hydrogen-bond donors (Lipinski definition) is 0. The van der Waals surface area contributed by atoms with Crippen molar-refractivity contribution in [2.24, 2.45) is 0 Å². The molecule has 0 saturated heterocycles. The number of likely N-dealkylation sites (N-methyl/N-ethyl adjacent to an activating group) is 1. The van der Waals surface area contributed by atoms with E-state index in [1.807, 2.05) is 49.1 Å². The molecular weight excluding hydrogens is 272 g/mol. The van der Waals surface area contributed by atoms with E-state index in [4.69, 9.17) is 4.74 Å². The Morgan fingerprint density at radius 3 is 2.80 bits per heavy atom. The van der Waals surface area contributed by atoms with Crippen molar-refractivity contribution >= 4 is 22.9 Å². The maximum atomic E-state index is 12.7. The number of ether oxygens (including phenoxy) is 1. The lowest BCUT2D eigenvalue weighted by molar-refractivity contribution is 0.0986. The van der Waals surface area contributed by atoms with Crippen LogP contribution in [0.3, 0.4) is 0 Å². The molecule has 0 N–H and O–H groups in total. The van der Waals surface area contributed by atoms with Crippen molar-refractivity contribution in [1.29, 1.82) is 0 Å². The van der Waals surface area contributed by atoms with Crippen molar-refractivity contribution in [3.63, 3.8) is 0 Å². The molecule has 0 aliphatic carbocycles. The van der Waals surface area contributed by atoms with Crippen LogP contribution in [0.15, 0.2) is 35.0 Å². The summed E-state index contributed by atoms with van der Waals surface area (Å²) >= 11 is 1.49. The molecule has 4 nitrogen and oxygen atoms in total. The van der Waals surface area contributed by atoms with Crippen molar-refractivity contribution in [3.05, 3.63) is 40.6 Å². The Hall–Kier alpha value is -1.85. The molecule has 0 atom stereocenters. The number of thiophene rings is 1. The summed E-state index contributed by atoms with van der Waals surface area (Å²) < 4.78 is 5.88. The summed E-state index contributed by atoms with van der Waals surface area (Å²) in [6.45, 7) is 1.45. The normalized spacial score (nSPS) is 13.8. The summed E-state index contributed by atoms with van der Waals surface area (Å²) in [4.78, 5) is 16.6. The van der Waals surface area contributed by atoms with E-state index in [1.54, 1.807) is 4.90 Å². The predicted octanol–water partition coefficient (Wildman–Crippen LogP) is 3.06. The number of fused-ring (bicyclic) bond motifs is 2. The molecular formula is C15H16N2O2S. The van der Waals surface area contributed by atoms with Gasteiger partial charge in [0, 0.05) is 23.8 Å². The molecule has 1 aliphatic rings. The fourth-order valence-corrected chi connectivity index (χ4v) is 2.90. The zero-order chi connectivity index (χ0) is 14.1. The largest absolute Gasteiger partial charge is 0.453 e. The number of hydrogen-bond acceptors (Lipinski definition) is 4. The van der Waals surface area contributed by atoms with Gasteiger partial charge in [0.2, 0.25) is 0 Å². The summed E-state index contributed by atoms with van der Waals surface area (Å²) in [5.41, 5.74) is 1.48. The van der Waals surface area contributed by atoms with Gasteiger partial charge in [0.05, 0.1) is 11.3 Å². The quantitative estimate of drug-likeness (QED) is 0.870. The van der Waals surface area contributed by atoms with Crippen molar-refractivity contribution in [1.82, 2.24) is 4.90 Å². The molecule has 0 fully saturated rings. The van der Waals surface area contributed by atoms with Crippen LogP contribution in [0.1, 0.15) is 10.4 Å². The fourth-order valence-electron chi connectivity index (χ4n) is 2.18. The molecule has 0 saturated carbocycles. The zero-order valence-corrected chi connectivity index (χ0v) is 12.3. The van der Waals surface area contributed by atoms with Gasteiger partial charge in [0.25, 0.3) is 5.91 Å². The first-order chi connectivity index (χ1) is 9.66. The minimum absolute atomic E-state index is 0.00745. The molecule has 0 spiro atoms. The van der Waals surface area contributed by atoms with E-state index in [0.717, 1.165) is 18.0 Å². The van der Waals surface area contributed by atoms with E-state index in [-0.39, 0.29) is 5.91 Å². The molecule has 1 amide bonds. The first-order valence-corrected chi connectivity index (χ1v) is 7.41. The minimum Gasteiger partial charge on any atom is -0.453 e. The molecule has 0 radical (unpaired) electrons. The molecule has 2 aromatic rings. The number of para-hydroxylation sites is 2. The Labute approximate surface area is 122 Å². The van der Waals surface area contributed by atoms with E-state index in [1.165, 1.54) is 11.3 Å². The number of nitrogens with zero attached hydrogens (tertiary/aromatic N) is 2. The maximum absolute atomic E-state index is 12.7. The molecule has 2 heterocycles. The van der Waals surface area contributed by atoms with Crippen LogP contribution in [-0.2, 0) is 0 Å². The van der Waals surface area contributed by atoms with Crippen LogP contribution >= 0.6 is 11.3 Å². The third kappa shape index (κ3) is 2.30. The van der Waals surface area contributed by atoms with Gasteiger partial charge in [-0.25, -0.2) is 0 Å². The van der Waals surface area contributed by atoms with Gasteiger partial charge in [-0.15, -0.1) is 11.3 Å². The number of rotatable bonds is 3. The summed E-state index contributed by atoms with van der Waals surface area (Å²) in [5, 5.41) is 3.73. The molecule has 20 heavy (non-hydrogen) atoms. The van der Waals surface area contributed by atoms with Crippen LogP contribution in [0.25, 0.3) is 0 Å². The molecule has 5 heteroatoms. The van der Waals surface area contributed by atoms with Crippen LogP contribution < -0.4 is 9.64 Å². The van der Waals surface area contributed by atoms with Gasteiger partial charge in [-0.05, 0) is 26.2 Å². The van der Waals surface area contributed by atoms with Crippen molar-refractivity contribution in [2.75, 3.05) is 32.1 Å². The molecule has 0 unspecified atom stereocenters. The molecule has 104 valence electrons.